The van der Waals surface area contributed by atoms with Crippen LogP contribution in [0.25, 0.3) is 11.0 Å². The highest BCUT2D eigenvalue weighted by Crippen LogP contribution is 2.31. The second-order valence-electron chi connectivity index (χ2n) is 4.69. The van der Waals surface area contributed by atoms with Crippen molar-refractivity contribution in [3.8, 4) is 0 Å². The van der Waals surface area contributed by atoms with Crippen molar-refractivity contribution >= 4 is 17.1 Å². The fourth-order valence-corrected chi connectivity index (χ4v) is 1.89. The summed E-state index contributed by atoms with van der Waals surface area (Å²) >= 11 is 0. The van der Waals surface area contributed by atoms with Crippen molar-refractivity contribution in [2.24, 2.45) is 0 Å². The van der Waals surface area contributed by atoms with Crippen molar-refractivity contribution in [2.45, 2.75) is 19.3 Å². The van der Waals surface area contributed by atoms with E-state index in [0.717, 1.165) is 16.5 Å². The second-order valence-corrected chi connectivity index (χ2v) is 4.69. The van der Waals surface area contributed by atoms with Crippen molar-refractivity contribution in [3.63, 3.8) is 0 Å². The summed E-state index contributed by atoms with van der Waals surface area (Å²) in [5.74, 6) is 0. The van der Waals surface area contributed by atoms with Crippen LogP contribution < -0.4 is 5.32 Å². The Kier molecular flexibility index (Phi) is 2.79. The third-order valence-corrected chi connectivity index (χ3v) is 2.89. The molecule has 0 radical (unpaired) electrons. The Bertz CT molecular complexity index is 542. The van der Waals surface area contributed by atoms with Gasteiger partial charge in [-0.1, -0.05) is 32.0 Å². The largest absolute Gasteiger partial charge is 0.465 e. The number of carbonyl (C=O) groups is 1. The van der Waals surface area contributed by atoms with E-state index in [1.165, 1.54) is 0 Å². The number of para-hydroxylation sites is 1. The molecule has 0 aliphatic carbocycles. The molecule has 1 aromatic carbocycles. The van der Waals surface area contributed by atoms with Gasteiger partial charge in [-0.25, -0.2) is 4.79 Å². The van der Waals surface area contributed by atoms with Crippen LogP contribution in [0.4, 0.5) is 4.79 Å². The van der Waals surface area contributed by atoms with Crippen LogP contribution in [0.15, 0.2) is 34.9 Å². The molecule has 0 atom stereocenters. The van der Waals surface area contributed by atoms with Gasteiger partial charge in [-0.3, -0.25) is 0 Å². The Morgan fingerprint density at radius 2 is 2.12 bits per heavy atom. The van der Waals surface area contributed by atoms with E-state index in [9.17, 15) is 4.79 Å². The molecule has 2 aromatic rings. The predicted octanol–water partition coefficient (Wildman–Crippen LogP) is 2.98. The van der Waals surface area contributed by atoms with E-state index in [4.69, 9.17) is 9.52 Å². The third-order valence-electron chi connectivity index (χ3n) is 2.89. The van der Waals surface area contributed by atoms with Crippen LogP contribution in [0.5, 0.6) is 0 Å². The SMILES string of the molecule is CC(C)(CNC(=O)O)c1coc2ccccc12. The highest BCUT2D eigenvalue weighted by molar-refractivity contribution is 5.82. The lowest BCUT2D eigenvalue weighted by atomic mass is 9.84. The first-order valence-electron chi connectivity index (χ1n) is 5.44. The Morgan fingerprint density at radius 1 is 1.41 bits per heavy atom. The standard InChI is InChI=1S/C13H15NO3/c1-13(2,8-14-12(15)16)10-7-17-11-6-4-3-5-9(10)11/h3-7,14H,8H2,1-2H3,(H,15,16). The van der Waals surface area contributed by atoms with Gasteiger partial charge in [-0.2, -0.15) is 0 Å². The third kappa shape index (κ3) is 2.25. The molecule has 1 aromatic heterocycles. The van der Waals surface area contributed by atoms with Gasteiger partial charge in [0, 0.05) is 22.9 Å². The van der Waals surface area contributed by atoms with Gasteiger partial charge in [-0.15, -0.1) is 0 Å². The molecule has 0 aliphatic heterocycles. The summed E-state index contributed by atoms with van der Waals surface area (Å²) in [4.78, 5) is 10.5. The highest BCUT2D eigenvalue weighted by atomic mass is 16.4. The molecule has 4 heteroatoms. The monoisotopic (exact) mass is 233 g/mol. The topological polar surface area (TPSA) is 62.5 Å². The maximum absolute atomic E-state index is 10.5. The zero-order valence-electron chi connectivity index (χ0n) is 9.86. The van der Waals surface area contributed by atoms with Crippen molar-refractivity contribution in [1.29, 1.82) is 0 Å². The summed E-state index contributed by atoms with van der Waals surface area (Å²) < 4.78 is 5.47. The van der Waals surface area contributed by atoms with E-state index in [0.29, 0.717) is 6.54 Å². The molecule has 0 saturated carbocycles. The Hall–Kier alpha value is -1.97. The molecular weight excluding hydrogens is 218 g/mol. The molecular formula is C13H15NO3. The van der Waals surface area contributed by atoms with Crippen LogP contribution in [0.2, 0.25) is 0 Å². The lowest BCUT2D eigenvalue weighted by Crippen LogP contribution is -2.35. The molecule has 2 N–H and O–H groups in total. The van der Waals surface area contributed by atoms with Crippen molar-refractivity contribution in [1.82, 2.24) is 5.32 Å². The molecule has 17 heavy (non-hydrogen) atoms. The first-order valence-corrected chi connectivity index (χ1v) is 5.44. The minimum atomic E-state index is -1.01. The number of rotatable bonds is 3. The molecule has 0 fully saturated rings. The van der Waals surface area contributed by atoms with E-state index in [2.05, 4.69) is 5.32 Å². The zero-order valence-corrected chi connectivity index (χ0v) is 9.86. The summed E-state index contributed by atoms with van der Waals surface area (Å²) in [5, 5.41) is 12.1. The lowest BCUT2D eigenvalue weighted by Gasteiger charge is -2.23. The minimum absolute atomic E-state index is 0.301. The smallest absolute Gasteiger partial charge is 0.404 e. The summed E-state index contributed by atoms with van der Waals surface area (Å²) in [5.41, 5.74) is 1.54. The van der Waals surface area contributed by atoms with Gasteiger partial charge in [0.25, 0.3) is 0 Å². The lowest BCUT2D eigenvalue weighted by molar-refractivity contribution is 0.192. The fraction of sp³-hybridized carbons (Fsp3) is 0.308. The van der Waals surface area contributed by atoms with Crippen LogP contribution in [-0.4, -0.2) is 17.7 Å². The van der Waals surface area contributed by atoms with Crippen LogP contribution >= 0.6 is 0 Å². The first-order chi connectivity index (χ1) is 8.00. The molecule has 0 aliphatic rings. The number of hydrogen-bond acceptors (Lipinski definition) is 2. The van der Waals surface area contributed by atoms with Gasteiger partial charge in [-0.05, 0) is 6.07 Å². The van der Waals surface area contributed by atoms with Crippen molar-refractivity contribution in [2.75, 3.05) is 6.54 Å². The molecule has 0 spiro atoms. The zero-order chi connectivity index (χ0) is 12.5. The molecule has 0 saturated heterocycles. The Labute approximate surface area is 99.2 Å². The first kappa shape index (κ1) is 11.5. The highest BCUT2D eigenvalue weighted by Gasteiger charge is 2.25. The molecule has 0 bridgehead atoms. The predicted molar refractivity (Wildman–Crippen MR) is 65.3 cm³/mol. The van der Waals surface area contributed by atoms with Crippen LogP contribution in [-0.2, 0) is 5.41 Å². The van der Waals surface area contributed by atoms with Crippen molar-refractivity contribution < 1.29 is 14.3 Å². The fourth-order valence-electron chi connectivity index (χ4n) is 1.89. The maximum atomic E-state index is 10.5. The van der Waals surface area contributed by atoms with Gasteiger partial charge in [0.05, 0.1) is 6.26 Å². The number of hydrogen-bond donors (Lipinski definition) is 2. The molecule has 4 nitrogen and oxygen atoms in total. The van der Waals surface area contributed by atoms with Crippen LogP contribution in [0.1, 0.15) is 19.4 Å². The molecule has 0 unspecified atom stereocenters. The summed E-state index contributed by atoms with van der Waals surface area (Å²) in [6.07, 6.45) is 0.694. The quantitative estimate of drug-likeness (QED) is 0.856. The average molecular weight is 233 g/mol. The molecule has 2 rings (SSSR count). The van der Waals surface area contributed by atoms with Gasteiger partial charge in [0.15, 0.2) is 0 Å². The molecule has 90 valence electrons. The molecule has 1 heterocycles. The van der Waals surface area contributed by atoms with E-state index in [-0.39, 0.29) is 5.41 Å². The number of carboxylic acid groups (broad SMARTS) is 1. The van der Waals surface area contributed by atoms with Crippen LogP contribution in [0, 0.1) is 0 Å². The number of fused-ring (bicyclic) bond motifs is 1. The molecule has 1 amide bonds. The Balaban J connectivity index is 2.35. The second kappa shape index (κ2) is 4.13. The number of nitrogens with one attached hydrogen (secondary N) is 1. The average Bonchev–Trinajstić information content (AvgIpc) is 2.71. The number of benzene rings is 1. The summed E-state index contributed by atoms with van der Waals surface area (Å²) in [7, 11) is 0. The number of furan rings is 1. The minimum Gasteiger partial charge on any atom is -0.465 e. The van der Waals surface area contributed by atoms with Crippen LogP contribution in [0.3, 0.4) is 0 Å². The summed E-state index contributed by atoms with van der Waals surface area (Å²) in [6.45, 7) is 4.33. The van der Waals surface area contributed by atoms with E-state index < -0.39 is 6.09 Å². The number of amides is 1. The van der Waals surface area contributed by atoms with Gasteiger partial charge in [0.2, 0.25) is 0 Å². The Morgan fingerprint density at radius 3 is 2.82 bits per heavy atom. The maximum Gasteiger partial charge on any atom is 0.404 e. The normalized spacial score (nSPS) is 11.6. The van der Waals surface area contributed by atoms with Crippen molar-refractivity contribution in [3.05, 3.63) is 36.1 Å². The van der Waals surface area contributed by atoms with Gasteiger partial charge in [0.1, 0.15) is 5.58 Å². The summed E-state index contributed by atoms with van der Waals surface area (Å²) in [6, 6.07) is 7.75. The van der Waals surface area contributed by atoms with Gasteiger partial charge < -0.3 is 14.8 Å². The van der Waals surface area contributed by atoms with E-state index in [1.807, 2.05) is 38.1 Å². The van der Waals surface area contributed by atoms with E-state index >= 15 is 0 Å². The van der Waals surface area contributed by atoms with E-state index in [1.54, 1.807) is 6.26 Å². The van der Waals surface area contributed by atoms with Gasteiger partial charge >= 0.3 is 6.09 Å².